The second-order valence-electron chi connectivity index (χ2n) is 8.09. The lowest BCUT2D eigenvalue weighted by atomic mass is 10.0. The second kappa shape index (κ2) is 8.96. The summed E-state index contributed by atoms with van der Waals surface area (Å²) < 4.78 is 1.15. The van der Waals surface area contributed by atoms with E-state index in [1.165, 1.54) is 5.56 Å². The predicted molar refractivity (Wildman–Crippen MR) is 122 cm³/mol. The number of carbonyl (C=O) groups is 2. The highest BCUT2D eigenvalue weighted by molar-refractivity contribution is 7.18. The number of hydrogen-bond donors (Lipinski definition) is 1. The highest BCUT2D eigenvalue weighted by Gasteiger charge is 2.32. The topological polar surface area (TPSA) is 62.3 Å². The molecule has 6 heteroatoms. The van der Waals surface area contributed by atoms with Gasteiger partial charge < -0.3 is 10.2 Å². The van der Waals surface area contributed by atoms with Crippen LogP contribution in [0.25, 0.3) is 10.2 Å². The van der Waals surface area contributed by atoms with Crippen LogP contribution in [-0.2, 0) is 9.59 Å². The van der Waals surface area contributed by atoms with Gasteiger partial charge in [0.15, 0.2) is 0 Å². The maximum absolute atomic E-state index is 12.8. The SMILES string of the molecule is CC(C)c1ccc(NC(=O)CCC(=O)N2CCC[C@H]2c2nc3ccccc3s2)cc1. The first kappa shape index (κ1) is 20.5. The maximum Gasteiger partial charge on any atom is 0.224 e. The minimum absolute atomic E-state index is 0.0292. The minimum atomic E-state index is -0.128. The van der Waals surface area contributed by atoms with Crippen molar-refractivity contribution in [3.05, 3.63) is 59.1 Å². The van der Waals surface area contributed by atoms with Gasteiger partial charge in [0.25, 0.3) is 0 Å². The summed E-state index contributed by atoms with van der Waals surface area (Å²) in [5.41, 5.74) is 2.99. The van der Waals surface area contributed by atoms with Crippen LogP contribution in [0.5, 0.6) is 0 Å². The number of rotatable bonds is 6. The molecule has 1 N–H and O–H groups in total. The van der Waals surface area contributed by atoms with Gasteiger partial charge in [0, 0.05) is 25.1 Å². The number of aromatic nitrogens is 1. The van der Waals surface area contributed by atoms with Crippen molar-refractivity contribution >= 4 is 39.1 Å². The van der Waals surface area contributed by atoms with Crippen molar-refractivity contribution in [2.75, 3.05) is 11.9 Å². The summed E-state index contributed by atoms with van der Waals surface area (Å²) in [6.45, 7) is 5.01. The summed E-state index contributed by atoms with van der Waals surface area (Å²) in [5.74, 6) is 0.356. The molecular formula is C24H27N3O2S. The lowest BCUT2D eigenvalue weighted by Gasteiger charge is -2.23. The van der Waals surface area contributed by atoms with E-state index in [9.17, 15) is 9.59 Å². The van der Waals surface area contributed by atoms with Crippen LogP contribution in [0.2, 0.25) is 0 Å². The summed E-state index contributed by atoms with van der Waals surface area (Å²) >= 11 is 1.66. The largest absolute Gasteiger partial charge is 0.333 e. The normalized spacial score (nSPS) is 16.4. The highest BCUT2D eigenvalue weighted by Crippen LogP contribution is 2.36. The van der Waals surface area contributed by atoms with Crippen molar-refractivity contribution < 1.29 is 9.59 Å². The second-order valence-corrected chi connectivity index (χ2v) is 9.15. The third kappa shape index (κ3) is 4.54. The summed E-state index contributed by atoms with van der Waals surface area (Å²) in [5, 5.41) is 3.89. The molecule has 4 rings (SSSR count). The van der Waals surface area contributed by atoms with Gasteiger partial charge in [-0.2, -0.15) is 0 Å². The molecule has 2 amide bonds. The van der Waals surface area contributed by atoms with Crippen LogP contribution in [0.4, 0.5) is 5.69 Å². The Hall–Kier alpha value is -2.73. The number of likely N-dealkylation sites (tertiary alicyclic amines) is 1. The number of nitrogens with zero attached hydrogens (tertiary/aromatic N) is 2. The van der Waals surface area contributed by atoms with E-state index >= 15 is 0 Å². The average molecular weight is 422 g/mol. The van der Waals surface area contributed by atoms with Crippen LogP contribution < -0.4 is 5.32 Å². The van der Waals surface area contributed by atoms with E-state index in [-0.39, 0.29) is 30.7 Å². The van der Waals surface area contributed by atoms with Crippen molar-refractivity contribution in [3.8, 4) is 0 Å². The van der Waals surface area contributed by atoms with Crippen LogP contribution in [-0.4, -0.2) is 28.2 Å². The number of carbonyl (C=O) groups excluding carboxylic acids is 2. The van der Waals surface area contributed by atoms with Crippen molar-refractivity contribution in [3.63, 3.8) is 0 Å². The van der Waals surface area contributed by atoms with Gasteiger partial charge in [-0.25, -0.2) is 4.98 Å². The van der Waals surface area contributed by atoms with Gasteiger partial charge >= 0.3 is 0 Å². The maximum atomic E-state index is 12.8. The molecule has 1 saturated heterocycles. The van der Waals surface area contributed by atoms with Gasteiger partial charge in [-0.15, -0.1) is 11.3 Å². The van der Waals surface area contributed by atoms with E-state index in [1.807, 2.05) is 47.4 Å². The lowest BCUT2D eigenvalue weighted by molar-refractivity contribution is -0.133. The first-order valence-corrected chi connectivity index (χ1v) is 11.4. The predicted octanol–water partition coefficient (Wildman–Crippen LogP) is 5.50. The quantitative estimate of drug-likeness (QED) is 0.571. The van der Waals surface area contributed by atoms with E-state index in [0.717, 1.165) is 40.3 Å². The number of fused-ring (bicyclic) bond motifs is 1. The molecule has 0 bridgehead atoms. The van der Waals surface area contributed by atoms with Gasteiger partial charge in [0.2, 0.25) is 11.8 Å². The summed E-state index contributed by atoms with van der Waals surface area (Å²) in [6, 6.07) is 16.0. The first-order chi connectivity index (χ1) is 14.5. The summed E-state index contributed by atoms with van der Waals surface area (Å²) in [7, 11) is 0. The van der Waals surface area contributed by atoms with E-state index in [2.05, 4.69) is 25.2 Å². The van der Waals surface area contributed by atoms with E-state index < -0.39 is 0 Å². The molecule has 3 aromatic rings. The Balaban J connectivity index is 1.34. The first-order valence-electron chi connectivity index (χ1n) is 10.6. The Morgan fingerprint density at radius 3 is 2.63 bits per heavy atom. The van der Waals surface area contributed by atoms with Gasteiger partial charge in [0.1, 0.15) is 5.01 Å². The van der Waals surface area contributed by atoms with Crippen molar-refractivity contribution in [1.29, 1.82) is 0 Å². The number of amides is 2. The number of hydrogen-bond acceptors (Lipinski definition) is 4. The average Bonchev–Trinajstić information content (AvgIpc) is 3.39. The standard InChI is InChI=1S/C24H27N3O2S/c1-16(2)17-9-11-18(12-10-17)25-22(28)13-14-23(29)27-15-5-7-20(27)24-26-19-6-3-4-8-21(19)30-24/h3-4,6,8-12,16,20H,5,7,13-15H2,1-2H3,(H,25,28)/t20-/m0/s1. The third-order valence-electron chi connectivity index (χ3n) is 5.60. The summed E-state index contributed by atoms with van der Waals surface area (Å²) in [4.78, 5) is 31.8. The van der Waals surface area contributed by atoms with E-state index in [4.69, 9.17) is 4.98 Å². The van der Waals surface area contributed by atoms with Gasteiger partial charge in [-0.3, -0.25) is 9.59 Å². The zero-order valence-corrected chi connectivity index (χ0v) is 18.2. The van der Waals surface area contributed by atoms with Crippen molar-refractivity contribution in [1.82, 2.24) is 9.88 Å². The molecule has 1 aliphatic rings. The van der Waals surface area contributed by atoms with E-state index in [0.29, 0.717) is 5.92 Å². The Bertz CT molecular complexity index is 1010. The highest BCUT2D eigenvalue weighted by atomic mass is 32.1. The molecule has 0 saturated carbocycles. The van der Waals surface area contributed by atoms with Crippen LogP contribution in [0.1, 0.15) is 62.1 Å². The molecule has 1 aromatic heterocycles. The Morgan fingerprint density at radius 1 is 1.13 bits per heavy atom. The molecule has 0 unspecified atom stereocenters. The number of thiazole rings is 1. The van der Waals surface area contributed by atoms with Crippen molar-refractivity contribution in [2.24, 2.45) is 0 Å². The number of anilines is 1. The lowest BCUT2D eigenvalue weighted by Crippen LogP contribution is -2.31. The fraction of sp³-hybridized carbons (Fsp3) is 0.375. The Morgan fingerprint density at radius 2 is 1.90 bits per heavy atom. The zero-order valence-electron chi connectivity index (χ0n) is 17.4. The molecular weight excluding hydrogens is 394 g/mol. The fourth-order valence-corrected chi connectivity index (χ4v) is 5.01. The fourth-order valence-electron chi connectivity index (χ4n) is 3.89. The minimum Gasteiger partial charge on any atom is -0.333 e. The Kier molecular flexibility index (Phi) is 6.13. The van der Waals surface area contributed by atoms with Gasteiger partial charge in [-0.05, 0) is 48.6 Å². The summed E-state index contributed by atoms with van der Waals surface area (Å²) in [6.07, 6.45) is 2.31. The molecule has 2 heterocycles. The molecule has 156 valence electrons. The number of nitrogens with one attached hydrogen (secondary N) is 1. The van der Waals surface area contributed by atoms with Crippen LogP contribution in [0, 0.1) is 0 Å². The van der Waals surface area contributed by atoms with Gasteiger partial charge in [0.05, 0.1) is 16.3 Å². The monoisotopic (exact) mass is 421 g/mol. The molecule has 30 heavy (non-hydrogen) atoms. The van der Waals surface area contributed by atoms with Crippen LogP contribution in [0.3, 0.4) is 0 Å². The smallest absolute Gasteiger partial charge is 0.224 e. The molecule has 0 aliphatic carbocycles. The van der Waals surface area contributed by atoms with E-state index in [1.54, 1.807) is 11.3 Å². The molecule has 1 aliphatic heterocycles. The molecule has 5 nitrogen and oxygen atoms in total. The van der Waals surface area contributed by atoms with Crippen molar-refractivity contribution in [2.45, 2.75) is 51.5 Å². The molecule has 2 aromatic carbocycles. The van der Waals surface area contributed by atoms with Crippen LogP contribution in [0.15, 0.2) is 48.5 Å². The van der Waals surface area contributed by atoms with Gasteiger partial charge in [-0.1, -0.05) is 38.1 Å². The number of para-hydroxylation sites is 1. The van der Waals surface area contributed by atoms with Crippen LogP contribution >= 0.6 is 11.3 Å². The molecule has 0 radical (unpaired) electrons. The third-order valence-corrected chi connectivity index (χ3v) is 6.73. The Labute approximate surface area is 181 Å². The zero-order chi connectivity index (χ0) is 21.1. The molecule has 0 spiro atoms. The molecule has 1 fully saturated rings. The molecule has 1 atom stereocenters. The number of benzene rings is 2.